The normalized spacial score (nSPS) is 18.8. The van der Waals surface area contributed by atoms with Gasteiger partial charge in [-0.25, -0.2) is 4.39 Å². The van der Waals surface area contributed by atoms with Crippen LogP contribution in [0.2, 0.25) is 0 Å². The molecular formula is C17H19FN2O3. The first kappa shape index (κ1) is 15.7. The first-order valence-electron chi connectivity index (χ1n) is 7.71. The van der Waals surface area contributed by atoms with Crippen LogP contribution in [0.3, 0.4) is 0 Å². The van der Waals surface area contributed by atoms with Crippen LogP contribution in [0.5, 0.6) is 0 Å². The lowest BCUT2D eigenvalue weighted by Crippen LogP contribution is -2.41. The fourth-order valence-electron chi connectivity index (χ4n) is 2.81. The average Bonchev–Trinajstić information content (AvgIpc) is 3.17. The molecule has 0 saturated carbocycles. The number of carbonyl (C=O) groups excluding carboxylic acids is 1. The Hall–Kier alpha value is -2.21. The first-order chi connectivity index (χ1) is 11.1. The molecule has 1 aliphatic rings. The van der Waals surface area contributed by atoms with E-state index < -0.39 is 0 Å². The second kappa shape index (κ2) is 6.50. The number of rotatable bonds is 4. The summed E-state index contributed by atoms with van der Waals surface area (Å²) in [6, 6.07) is 5.71. The number of hydrogen-bond donors (Lipinski definition) is 1. The van der Waals surface area contributed by atoms with Crippen LogP contribution < -0.4 is 5.32 Å². The topological polar surface area (TPSA) is 64.4 Å². The second-order valence-corrected chi connectivity index (χ2v) is 5.78. The van der Waals surface area contributed by atoms with Crippen LogP contribution in [0.1, 0.15) is 35.9 Å². The average molecular weight is 318 g/mol. The van der Waals surface area contributed by atoms with Crippen molar-refractivity contribution in [1.29, 1.82) is 0 Å². The van der Waals surface area contributed by atoms with Crippen LogP contribution in [-0.4, -0.2) is 29.8 Å². The monoisotopic (exact) mass is 318 g/mol. The van der Waals surface area contributed by atoms with Crippen LogP contribution in [-0.2, 0) is 4.74 Å². The minimum atomic E-state index is -0.341. The fraction of sp³-hybridized carbons (Fsp3) is 0.412. The van der Waals surface area contributed by atoms with Crippen molar-refractivity contribution < 1.29 is 18.4 Å². The van der Waals surface area contributed by atoms with Crippen molar-refractivity contribution in [2.24, 2.45) is 0 Å². The third-order valence-corrected chi connectivity index (χ3v) is 4.09. The van der Waals surface area contributed by atoms with E-state index in [9.17, 15) is 9.18 Å². The summed E-state index contributed by atoms with van der Waals surface area (Å²) >= 11 is 0. The van der Waals surface area contributed by atoms with E-state index in [0.29, 0.717) is 22.6 Å². The Labute approximate surface area is 133 Å². The summed E-state index contributed by atoms with van der Waals surface area (Å²) < 4.78 is 23.8. The molecular weight excluding hydrogens is 299 g/mol. The molecule has 1 aliphatic heterocycles. The van der Waals surface area contributed by atoms with E-state index >= 15 is 0 Å². The molecule has 1 aromatic carbocycles. The van der Waals surface area contributed by atoms with Gasteiger partial charge in [0.25, 0.3) is 5.91 Å². The van der Waals surface area contributed by atoms with Crippen molar-refractivity contribution in [3.63, 3.8) is 0 Å². The number of ether oxygens (including phenoxy) is 1. The largest absolute Gasteiger partial charge is 0.376 e. The first-order valence-corrected chi connectivity index (χ1v) is 7.71. The maximum absolute atomic E-state index is 13.1. The molecule has 3 rings (SSSR count). The summed E-state index contributed by atoms with van der Waals surface area (Å²) in [6.45, 7) is 4.35. The minimum absolute atomic E-state index is 0.0355. The van der Waals surface area contributed by atoms with Crippen molar-refractivity contribution in [3.8, 4) is 11.3 Å². The maximum atomic E-state index is 13.1. The van der Waals surface area contributed by atoms with E-state index in [1.165, 1.54) is 12.1 Å². The SMILES string of the molecule is Cc1onc(-c2ccc(F)cc2)c1C(=O)NC(C)C1CCCO1. The zero-order valence-corrected chi connectivity index (χ0v) is 13.1. The summed E-state index contributed by atoms with van der Waals surface area (Å²) in [5, 5.41) is 6.90. The fourth-order valence-corrected chi connectivity index (χ4v) is 2.81. The number of aryl methyl sites for hydroxylation is 1. The molecule has 122 valence electrons. The number of aromatic nitrogens is 1. The molecule has 0 aliphatic carbocycles. The lowest BCUT2D eigenvalue weighted by molar-refractivity contribution is 0.0712. The van der Waals surface area contributed by atoms with Crippen molar-refractivity contribution in [3.05, 3.63) is 41.4 Å². The lowest BCUT2D eigenvalue weighted by Gasteiger charge is -2.19. The number of carbonyl (C=O) groups is 1. The highest BCUT2D eigenvalue weighted by molar-refractivity contribution is 6.00. The molecule has 2 atom stereocenters. The Morgan fingerprint density at radius 3 is 2.78 bits per heavy atom. The van der Waals surface area contributed by atoms with Gasteiger partial charge in [0.15, 0.2) is 0 Å². The molecule has 0 spiro atoms. The van der Waals surface area contributed by atoms with Gasteiger partial charge in [0.2, 0.25) is 0 Å². The van der Waals surface area contributed by atoms with E-state index in [1.807, 2.05) is 6.92 Å². The Kier molecular flexibility index (Phi) is 4.43. The van der Waals surface area contributed by atoms with Gasteiger partial charge in [-0.15, -0.1) is 0 Å². The highest BCUT2D eigenvalue weighted by Crippen LogP contribution is 2.26. The van der Waals surface area contributed by atoms with E-state index in [4.69, 9.17) is 9.26 Å². The molecule has 1 amide bonds. The van der Waals surface area contributed by atoms with Crippen molar-refractivity contribution in [1.82, 2.24) is 10.5 Å². The van der Waals surface area contributed by atoms with Crippen molar-refractivity contribution in [2.45, 2.75) is 38.8 Å². The molecule has 1 fully saturated rings. The molecule has 2 aromatic rings. The van der Waals surface area contributed by atoms with E-state index in [2.05, 4.69) is 10.5 Å². The van der Waals surface area contributed by atoms with Gasteiger partial charge in [0.1, 0.15) is 22.8 Å². The number of amides is 1. The van der Waals surface area contributed by atoms with Crippen LogP contribution in [0, 0.1) is 12.7 Å². The Morgan fingerprint density at radius 1 is 1.39 bits per heavy atom. The quantitative estimate of drug-likeness (QED) is 0.941. The van der Waals surface area contributed by atoms with Crippen LogP contribution >= 0.6 is 0 Å². The molecule has 6 heteroatoms. The molecule has 0 bridgehead atoms. The number of halogens is 1. The van der Waals surface area contributed by atoms with E-state index in [1.54, 1.807) is 19.1 Å². The predicted molar refractivity (Wildman–Crippen MR) is 82.5 cm³/mol. The molecule has 1 saturated heterocycles. The van der Waals surface area contributed by atoms with Crippen molar-refractivity contribution >= 4 is 5.91 Å². The highest BCUT2D eigenvalue weighted by atomic mass is 19.1. The van der Waals surface area contributed by atoms with Gasteiger partial charge in [0, 0.05) is 12.2 Å². The summed E-state index contributed by atoms with van der Waals surface area (Å²) in [4.78, 5) is 12.6. The standard InChI is InChI=1S/C17H19FN2O3/c1-10(14-4-3-9-22-14)19-17(21)15-11(2)23-20-16(15)12-5-7-13(18)8-6-12/h5-8,10,14H,3-4,9H2,1-2H3,(H,19,21). The molecule has 1 N–H and O–H groups in total. The molecule has 23 heavy (non-hydrogen) atoms. The van der Waals surface area contributed by atoms with Gasteiger partial charge in [-0.1, -0.05) is 5.16 Å². The third-order valence-electron chi connectivity index (χ3n) is 4.09. The van der Waals surface area contributed by atoms with Gasteiger partial charge in [-0.2, -0.15) is 0 Å². The highest BCUT2D eigenvalue weighted by Gasteiger charge is 2.27. The smallest absolute Gasteiger partial charge is 0.257 e. The maximum Gasteiger partial charge on any atom is 0.257 e. The zero-order valence-electron chi connectivity index (χ0n) is 13.1. The minimum Gasteiger partial charge on any atom is -0.376 e. The Bertz CT molecular complexity index is 690. The Morgan fingerprint density at radius 2 is 2.13 bits per heavy atom. The summed E-state index contributed by atoms with van der Waals surface area (Å²) in [5.41, 5.74) is 1.43. The van der Waals surface area contributed by atoms with Gasteiger partial charge in [0.05, 0.1) is 12.1 Å². The van der Waals surface area contributed by atoms with E-state index in [0.717, 1.165) is 19.4 Å². The van der Waals surface area contributed by atoms with Gasteiger partial charge in [-0.05, 0) is 51.0 Å². The molecule has 2 unspecified atom stereocenters. The molecule has 5 nitrogen and oxygen atoms in total. The molecule has 0 radical (unpaired) electrons. The van der Waals surface area contributed by atoms with Crippen LogP contribution in [0.25, 0.3) is 11.3 Å². The predicted octanol–water partition coefficient (Wildman–Crippen LogP) is 3.09. The summed E-state index contributed by atoms with van der Waals surface area (Å²) in [5.74, 6) is -0.167. The summed E-state index contributed by atoms with van der Waals surface area (Å²) in [6.07, 6.45) is 1.99. The van der Waals surface area contributed by atoms with E-state index in [-0.39, 0.29) is 23.9 Å². The van der Waals surface area contributed by atoms with Gasteiger partial charge in [-0.3, -0.25) is 4.79 Å². The Balaban J connectivity index is 1.82. The lowest BCUT2D eigenvalue weighted by atomic mass is 10.0. The number of nitrogens with zero attached hydrogens (tertiary/aromatic N) is 1. The second-order valence-electron chi connectivity index (χ2n) is 5.78. The van der Waals surface area contributed by atoms with Crippen molar-refractivity contribution in [2.75, 3.05) is 6.61 Å². The van der Waals surface area contributed by atoms with Crippen LogP contribution in [0.15, 0.2) is 28.8 Å². The molecule has 1 aromatic heterocycles. The third kappa shape index (κ3) is 3.27. The number of benzene rings is 1. The van der Waals surface area contributed by atoms with Crippen LogP contribution in [0.4, 0.5) is 4.39 Å². The zero-order chi connectivity index (χ0) is 16.4. The summed E-state index contributed by atoms with van der Waals surface area (Å²) in [7, 11) is 0. The number of nitrogens with one attached hydrogen (secondary N) is 1. The number of hydrogen-bond acceptors (Lipinski definition) is 4. The van der Waals surface area contributed by atoms with Gasteiger partial charge >= 0.3 is 0 Å². The van der Waals surface area contributed by atoms with Gasteiger partial charge < -0.3 is 14.6 Å². The molecule has 2 heterocycles.